The molecule has 0 aliphatic carbocycles. The van der Waals surface area contributed by atoms with Crippen LogP contribution in [0.3, 0.4) is 0 Å². The smallest absolute Gasteiger partial charge is 0.0916 e. The van der Waals surface area contributed by atoms with E-state index in [0.717, 1.165) is 26.1 Å². The van der Waals surface area contributed by atoms with Crippen molar-refractivity contribution in [1.82, 2.24) is 10.4 Å². The van der Waals surface area contributed by atoms with Gasteiger partial charge in [0.1, 0.15) is 0 Å². The van der Waals surface area contributed by atoms with E-state index in [1.165, 1.54) is 5.56 Å². The summed E-state index contributed by atoms with van der Waals surface area (Å²) in [5.74, 6) is 0. The van der Waals surface area contributed by atoms with Crippen LogP contribution in [0.2, 0.25) is 0 Å². The van der Waals surface area contributed by atoms with Crippen LogP contribution in [0.1, 0.15) is 12.0 Å². The molecule has 18 heavy (non-hydrogen) atoms. The number of nitrogens with zero attached hydrogens (tertiary/aromatic N) is 1. The second kappa shape index (κ2) is 7.48. The van der Waals surface area contributed by atoms with E-state index < -0.39 is 0 Å². The molecule has 0 spiro atoms. The van der Waals surface area contributed by atoms with Crippen LogP contribution < -0.4 is 5.48 Å². The van der Waals surface area contributed by atoms with Gasteiger partial charge in [0.15, 0.2) is 0 Å². The molecule has 1 saturated heterocycles. The van der Waals surface area contributed by atoms with Crippen molar-refractivity contribution in [2.24, 2.45) is 0 Å². The van der Waals surface area contributed by atoms with Gasteiger partial charge >= 0.3 is 0 Å². The lowest BCUT2D eigenvalue weighted by molar-refractivity contribution is -0.0102. The zero-order valence-electron chi connectivity index (χ0n) is 11.0. The van der Waals surface area contributed by atoms with Crippen molar-refractivity contribution in [1.29, 1.82) is 0 Å². The first kappa shape index (κ1) is 13.5. The van der Waals surface area contributed by atoms with Crippen LogP contribution in [0.25, 0.3) is 0 Å². The van der Waals surface area contributed by atoms with Crippen LogP contribution in [0.15, 0.2) is 30.3 Å². The second-order valence-electron chi connectivity index (χ2n) is 4.67. The van der Waals surface area contributed by atoms with E-state index in [0.29, 0.717) is 19.3 Å². The van der Waals surface area contributed by atoms with Crippen LogP contribution in [0, 0.1) is 0 Å². The molecule has 1 atom stereocenters. The summed E-state index contributed by atoms with van der Waals surface area (Å²) < 4.78 is 4.93. The molecule has 2 rings (SSSR count). The Labute approximate surface area is 109 Å². The highest BCUT2D eigenvalue weighted by molar-refractivity contribution is 5.14. The molecule has 0 bridgehead atoms. The van der Waals surface area contributed by atoms with Gasteiger partial charge in [-0.2, -0.15) is 5.48 Å². The number of hydrogen-bond donors (Lipinski definition) is 1. The van der Waals surface area contributed by atoms with Crippen LogP contribution >= 0.6 is 0 Å². The fourth-order valence-electron chi connectivity index (χ4n) is 2.22. The Morgan fingerprint density at radius 1 is 1.28 bits per heavy atom. The molecular weight excluding hydrogens is 228 g/mol. The molecule has 1 N–H and O–H groups in total. The minimum atomic E-state index is 0.436. The molecule has 0 amide bonds. The summed E-state index contributed by atoms with van der Waals surface area (Å²) in [7, 11) is 1.68. The molecule has 1 aliphatic rings. The quantitative estimate of drug-likeness (QED) is 0.586. The largest absolute Gasteiger partial charge is 0.382 e. The first-order valence-electron chi connectivity index (χ1n) is 6.51. The summed E-state index contributed by atoms with van der Waals surface area (Å²) in [6, 6.07) is 11.0. The topological polar surface area (TPSA) is 33.7 Å². The third kappa shape index (κ3) is 4.38. The second-order valence-corrected chi connectivity index (χ2v) is 4.67. The van der Waals surface area contributed by atoms with Gasteiger partial charge in [0.25, 0.3) is 0 Å². The van der Waals surface area contributed by atoms with Gasteiger partial charge in [0.05, 0.1) is 13.2 Å². The van der Waals surface area contributed by atoms with Crippen molar-refractivity contribution in [2.45, 2.75) is 19.0 Å². The molecule has 1 aromatic rings. The third-order valence-electron chi connectivity index (χ3n) is 3.16. The highest BCUT2D eigenvalue weighted by atomic mass is 16.7. The predicted octanol–water partition coefficient (Wildman–Crippen LogP) is 1.43. The van der Waals surface area contributed by atoms with Gasteiger partial charge in [0, 0.05) is 32.8 Å². The lowest BCUT2D eigenvalue weighted by Gasteiger charge is -2.16. The molecule has 1 unspecified atom stereocenters. The van der Waals surface area contributed by atoms with Crippen molar-refractivity contribution >= 4 is 0 Å². The average molecular weight is 250 g/mol. The van der Waals surface area contributed by atoms with Crippen LogP contribution in [-0.2, 0) is 16.1 Å². The number of nitrogens with one attached hydrogen (secondary N) is 1. The molecule has 4 heteroatoms. The third-order valence-corrected chi connectivity index (χ3v) is 3.16. The summed E-state index contributed by atoms with van der Waals surface area (Å²) >= 11 is 0. The van der Waals surface area contributed by atoms with Gasteiger partial charge in [-0.15, -0.1) is 0 Å². The van der Waals surface area contributed by atoms with Crippen LogP contribution in [0.4, 0.5) is 0 Å². The number of rotatable bonds is 7. The molecule has 1 fully saturated rings. The van der Waals surface area contributed by atoms with Crippen molar-refractivity contribution in [3.63, 3.8) is 0 Å². The standard InChI is InChI=1S/C14H22N2O2/c1-17-9-10-18-15-14-7-8-16(12-14)11-13-5-3-2-4-6-13/h2-6,14-15H,7-12H2,1H3. The van der Waals surface area contributed by atoms with Gasteiger partial charge in [-0.25, -0.2) is 0 Å². The number of hydrogen-bond acceptors (Lipinski definition) is 4. The Morgan fingerprint density at radius 3 is 2.89 bits per heavy atom. The summed E-state index contributed by atoms with van der Waals surface area (Å²) in [5, 5.41) is 0. The SMILES string of the molecule is COCCONC1CCN(Cc2ccccc2)C1. The van der Waals surface area contributed by atoms with E-state index >= 15 is 0 Å². The first-order chi connectivity index (χ1) is 8.88. The molecular formula is C14H22N2O2. The predicted molar refractivity (Wildman–Crippen MR) is 71.1 cm³/mol. The van der Waals surface area contributed by atoms with Crippen molar-refractivity contribution in [3.8, 4) is 0 Å². The maximum Gasteiger partial charge on any atom is 0.0916 e. The van der Waals surface area contributed by atoms with Crippen LogP contribution in [-0.4, -0.2) is 44.4 Å². The lowest BCUT2D eigenvalue weighted by Crippen LogP contribution is -2.33. The molecule has 1 aliphatic heterocycles. The summed E-state index contributed by atoms with van der Waals surface area (Å²) in [6.45, 7) is 4.43. The number of ether oxygens (including phenoxy) is 1. The Hall–Kier alpha value is -0.940. The Morgan fingerprint density at radius 2 is 2.11 bits per heavy atom. The molecule has 100 valence electrons. The number of likely N-dealkylation sites (tertiary alicyclic amines) is 1. The number of hydroxylamine groups is 1. The zero-order valence-corrected chi connectivity index (χ0v) is 11.0. The molecule has 1 aromatic carbocycles. The number of methoxy groups -OCH3 is 1. The Kier molecular flexibility index (Phi) is 5.61. The maximum atomic E-state index is 5.35. The molecule has 0 aromatic heterocycles. The average Bonchev–Trinajstić information content (AvgIpc) is 2.84. The zero-order chi connectivity index (χ0) is 12.6. The molecule has 1 heterocycles. The maximum absolute atomic E-state index is 5.35. The summed E-state index contributed by atoms with van der Waals surface area (Å²) in [6.07, 6.45) is 1.14. The molecule has 0 radical (unpaired) electrons. The fourth-order valence-corrected chi connectivity index (χ4v) is 2.22. The minimum Gasteiger partial charge on any atom is -0.382 e. The fraction of sp³-hybridized carbons (Fsp3) is 0.571. The Bertz CT molecular complexity index is 332. The number of benzene rings is 1. The summed E-state index contributed by atoms with van der Waals surface area (Å²) in [5.41, 5.74) is 4.48. The minimum absolute atomic E-state index is 0.436. The normalized spacial score (nSPS) is 20.4. The van der Waals surface area contributed by atoms with Gasteiger partial charge in [-0.3, -0.25) is 9.74 Å². The highest BCUT2D eigenvalue weighted by Crippen LogP contribution is 2.13. The van der Waals surface area contributed by atoms with Crippen LogP contribution in [0.5, 0.6) is 0 Å². The first-order valence-corrected chi connectivity index (χ1v) is 6.51. The van der Waals surface area contributed by atoms with E-state index in [1.54, 1.807) is 7.11 Å². The van der Waals surface area contributed by atoms with Gasteiger partial charge < -0.3 is 4.74 Å². The van der Waals surface area contributed by atoms with Crippen molar-refractivity contribution in [2.75, 3.05) is 33.4 Å². The Balaban J connectivity index is 1.65. The molecule has 0 saturated carbocycles. The molecule has 4 nitrogen and oxygen atoms in total. The van der Waals surface area contributed by atoms with Gasteiger partial charge in [-0.05, 0) is 12.0 Å². The van der Waals surface area contributed by atoms with E-state index in [1.807, 2.05) is 0 Å². The van der Waals surface area contributed by atoms with E-state index in [9.17, 15) is 0 Å². The van der Waals surface area contributed by atoms with E-state index in [2.05, 4.69) is 40.7 Å². The van der Waals surface area contributed by atoms with Crippen molar-refractivity contribution < 1.29 is 9.57 Å². The monoisotopic (exact) mass is 250 g/mol. The van der Waals surface area contributed by atoms with Gasteiger partial charge in [0.2, 0.25) is 0 Å². The summed E-state index contributed by atoms with van der Waals surface area (Å²) in [4.78, 5) is 7.81. The lowest BCUT2D eigenvalue weighted by atomic mass is 10.2. The van der Waals surface area contributed by atoms with Crippen molar-refractivity contribution in [3.05, 3.63) is 35.9 Å². The van der Waals surface area contributed by atoms with E-state index in [4.69, 9.17) is 9.57 Å². The highest BCUT2D eigenvalue weighted by Gasteiger charge is 2.22. The van der Waals surface area contributed by atoms with E-state index in [-0.39, 0.29) is 0 Å². The van der Waals surface area contributed by atoms with Gasteiger partial charge in [-0.1, -0.05) is 30.3 Å².